The molecular weight excluding hydrogens is 340 g/mol. The van der Waals surface area contributed by atoms with Gasteiger partial charge in [0.1, 0.15) is 5.75 Å². The lowest BCUT2D eigenvalue weighted by molar-refractivity contribution is 0.102. The summed E-state index contributed by atoms with van der Waals surface area (Å²) in [5.41, 5.74) is 3.79. The first kappa shape index (κ1) is 18.4. The zero-order valence-electron chi connectivity index (χ0n) is 15.6. The van der Waals surface area contributed by atoms with E-state index in [1.807, 2.05) is 57.2 Å². The minimum absolute atomic E-state index is 0.198. The van der Waals surface area contributed by atoms with E-state index in [2.05, 4.69) is 20.6 Å². The molecule has 0 bridgehead atoms. The van der Waals surface area contributed by atoms with E-state index in [4.69, 9.17) is 4.74 Å². The van der Waals surface area contributed by atoms with Gasteiger partial charge in [-0.05, 0) is 63.2 Å². The number of amides is 1. The van der Waals surface area contributed by atoms with Crippen LogP contribution >= 0.6 is 0 Å². The van der Waals surface area contributed by atoms with Crippen molar-refractivity contribution >= 4 is 23.2 Å². The van der Waals surface area contributed by atoms with Crippen LogP contribution in [0.15, 0.2) is 54.6 Å². The van der Waals surface area contributed by atoms with Crippen LogP contribution in [0, 0.1) is 13.8 Å². The number of ether oxygens (including phenoxy) is 1. The second-order valence-electron chi connectivity index (χ2n) is 6.10. The molecule has 3 rings (SSSR count). The van der Waals surface area contributed by atoms with Crippen molar-refractivity contribution in [3.63, 3.8) is 0 Å². The molecule has 138 valence electrons. The maximum absolute atomic E-state index is 12.5. The molecule has 0 aliphatic heterocycles. The van der Waals surface area contributed by atoms with Crippen LogP contribution < -0.4 is 15.4 Å². The van der Waals surface area contributed by atoms with Gasteiger partial charge in [0.05, 0.1) is 6.61 Å². The fraction of sp³-hybridized carbons (Fsp3) is 0.190. The average Bonchev–Trinajstić information content (AvgIpc) is 2.61. The standard InChI is InChI=1S/C21H22N4O2/c1-4-27-19-10-5-7-16(12-19)20(26)24-17-8-6-9-18(13-17)25-21-22-14(2)11-15(3)23-21/h5-13H,4H2,1-3H3,(H,24,26)(H,22,23,25). The molecule has 6 heteroatoms. The van der Waals surface area contributed by atoms with Crippen molar-refractivity contribution < 1.29 is 9.53 Å². The number of aromatic nitrogens is 2. The molecule has 0 aliphatic rings. The van der Waals surface area contributed by atoms with Crippen molar-refractivity contribution in [2.45, 2.75) is 20.8 Å². The minimum Gasteiger partial charge on any atom is -0.494 e. The molecule has 0 spiro atoms. The van der Waals surface area contributed by atoms with Crippen molar-refractivity contribution in [2.75, 3.05) is 17.2 Å². The number of rotatable bonds is 6. The van der Waals surface area contributed by atoms with Crippen LogP contribution in [-0.4, -0.2) is 22.5 Å². The van der Waals surface area contributed by atoms with Gasteiger partial charge < -0.3 is 15.4 Å². The summed E-state index contributed by atoms with van der Waals surface area (Å²) in [4.78, 5) is 21.3. The van der Waals surface area contributed by atoms with Crippen LogP contribution in [0.25, 0.3) is 0 Å². The number of hydrogen-bond acceptors (Lipinski definition) is 5. The maximum Gasteiger partial charge on any atom is 0.255 e. The number of anilines is 3. The van der Waals surface area contributed by atoms with Gasteiger partial charge in [-0.15, -0.1) is 0 Å². The Kier molecular flexibility index (Phi) is 5.66. The third-order valence-electron chi connectivity index (χ3n) is 3.77. The number of hydrogen-bond donors (Lipinski definition) is 2. The van der Waals surface area contributed by atoms with Crippen molar-refractivity contribution in [3.8, 4) is 5.75 Å². The Balaban J connectivity index is 1.73. The van der Waals surface area contributed by atoms with Gasteiger partial charge in [0.15, 0.2) is 0 Å². The lowest BCUT2D eigenvalue weighted by Crippen LogP contribution is -2.12. The molecule has 0 unspecified atom stereocenters. The smallest absolute Gasteiger partial charge is 0.255 e. The molecule has 0 aliphatic carbocycles. The van der Waals surface area contributed by atoms with Gasteiger partial charge in [0.2, 0.25) is 5.95 Å². The molecule has 2 aromatic carbocycles. The molecule has 0 saturated carbocycles. The number of aryl methyl sites for hydroxylation is 2. The Morgan fingerprint density at radius 1 is 0.963 bits per heavy atom. The fourth-order valence-electron chi connectivity index (χ4n) is 2.68. The average molecular weight is 362 g/mol. The van der Waals surface area contributed by atoms with Gasteiger partial charge in [0.25, 0.3) is 5.91 Å². The number of carbonyl (C=O) groups is 1. The van der Waals surface area contributed by atoms with Crippen molar-refractivity contribution in [2.24, 2.45) is 0 Å². The van der Waals surface area contributed by atoms with Crippen LogP contribution in [-0.2, 0) is 0 Å². The van der Waals surface area contributed by atoms with Crippen LogP contribution in [0.4, 0.5) is 17.3 Å². The van der Waals surface area contributed by atoms with Gasteiger partial charge in [-0.3, -0.25) is 4.79 Å². The Hall–Kier alpha value is -3.41. The highest BCUT2D eigenvalue weighted by Crippen LogP contribution is 2.20. The summed E-state index contributed by atoms with van der Waals surface area (Å²) < 4.78 is 5.45. The summed E-state index contributed by atoms with van der Waals surface area (Å²) in [6.45, 7) is 6.31. The Labute approximate surface area is 158 Å². The second kappa shape index (κ2) is 8.31. The van der Waals surface area contributed by atoms with E-state index in [0.29, 0.717) is 29.6 Å². The van der Waals surface area contributed by atoms with Gasteiger partial charge in [0, 0.05) is 28.3 Å². The van der Waals surface area contributed by atoms with E-state index >= 15 is 0 Å². The van der Waals surface area contributed by atoms with Crippen LogP contribution in [0.3, 0.4) is 0 Å². The molecule has 0 atom stereocenters. The molecule has 1 amide bonds. The summed E-state index contributed by atoms with van der Waals surface area (Å²) in [5, 5.41) is 6.07. The molecular formula is C21H22N4O2. The van der Waals surface area contributed by atoms with Gasteiger partial charge >= 0.3 is 0 Å². The zero-order valence-corrected chi connectivity index (χ0v) is 15.6. The first-order valence-corrected chi connectivity index (χ1v) is 8.77. The maximum atomic E-state index is 12.5. The molecule has 0 fully saturated rings. The summed E-state index contributed by atoms with van der Waals surface area (Å²) in [5.74, 6) is 1.00. The van der Waals surface area contributed by atoms with E-state index in [9.17, 15) is 4.79 Å². The third-order valence-corrected chi connectivity index (χ3v) is 3.77. The molecule has 27 heavy (non-hydrogen) atoms. The summed E-state index contributed by atoms with van der Waals surface area (Å²) in [6, 6.07) is 16.4. The van der Waals surface area contributed by atoms with E-state index in [0.717, 1.165) is 17.1 Å². The summed E-state index contributed by atoms with van der Waals surface area (Å²) in [6.07, 6.45) is 0. The van der Waals surface area contributed by atoms with Crippen LogP contribution in [0.5, 0.6) is 5.75 Å². The molecule has 3 aromatic rings. The van der Waals surface area contributed by atoms with E-state index < -0.39 is 0 Å². The second-order valence-corrected chi connectivity index (χ2v) is 6.10. The van der Waals surface area contributed by atoms with E-state index in [1.54, 1.807) is 18.2 Å². The number of nitrogens with one attached hydrogen (secondary N) is 2. The van der Waals surface area contributed by atoms with Crippen molar-refractivity contribution in [3.05, 3.63) is 71.5 Å². The molecule has 2 N–H and O–H groups in total. The lowest BCUT2D eigenvalue weighted by atomic mass is 10.2. The fourth-order valence-corrected chi connectivity index (χ4v) is 2.68. The minimum atomic E-state index is -0.198. The number of carbonyl (C=O) groups excluding carboxylic acids is 1. The molecule has 1 heterocycles. The lowest BCUT2D eigenvalue weighted by Gasteiger charge is -2.10. The zero-order chi connectivity index (χ0) is 19.2. The molecule has 1 aromatic heterocycles. The first-order valence-electron chi connectivity index (χ1n) is 8.77. The molecule has 6 nitrogen and oxygen atoms in total. The Morgan fingerprint density at radius 3 is 2.41 bits per heavy atom. The van der Waals surface area contributed by atoms with Crippen molar-refractivity contribution in [1.82, 2.24) is 9.97 Å². The monoisotopic (exact) mass is 362 g/mol. The quantitative estimate of drug-likeness (QED) is 0.676. The normalized spacial score (nSPS) is 10.3. The van der Waals surface area contributed by atoms with Crippen LogP contribution in [0.1, 0.15) is 28.7 Å². The van der Waals surface area contributed by atoms with Gasteiger partial charge in [-0.2, -0.15) is 0 Å². The third kappa shape index (κ3) is 5.04. The highest BCUT2D eigenvalue weighted by atomic mass is 16.5. The first-order chi connectivity index (χ1) is 13.0. The van der Waals surface area contributed by atoms with Gasteiger partial charge in [-0.1, -0.05) is 12.1 Å². The van der Waals surface area contributed by atoms with Crippen LogP contribution in [0.2, 0.25) is 0 Å². The Bertz CT molecular complexity index is 936. The molecule has 0 radical (unpaired) electrons. The predicted molar refractivity (Wildman–Crippen MR) is 107 cm³/mol. The predicted octanol–water partition coefficient (Wildman–Crippen LogP) is 4.49. The highest BCUT2D eigenvalue weighted by molar-refractivity contribution is 6.04. The Morgan fingerprint density at radius 2 is 1.67 bits per heavy atom. The summed E-state index contributed by atoms with van der Waals surface area (Å²) in [7, 11) is 0. The number of nitrogens with zero attached hydrogens (tertiary/aromatic N) is 2. The highest BCUT2D eigenvalue weighted by Gasteiger charge is 2.08. The van der Waals surface area contributed by atoms with Gasteiger partial charge in [-0.25, -0.2) is 9.97 Å². The SMILES string of the molecule is CCOc1cccc(C(=O)Nc2cccc(Nc3nc(C)cc(C)n3)c2)c1. The van der Waals surface area contributed by atoms with E-state index in [-0.39, 0.29) is 5.91 Å². The topological polar surface area (TPSA) is 76.1 Å². The number of benzene rings is 2. The van der Waals surface area contributed by atoms with Crippen molar-refractivity contribution in [1.29, 1.82) is 0 Å². The summed E-state index contributed by atoms with van der Waals surface area (Å²) >= 11 is 0. The molecule has 0 saturated heterocycles. The largest absolute Gasteiger partial charge is 0.494 e. The van der Waals surface area contributed by atoms with E-state index in [1.165, 1.54) is 0 Å².